The molecular formula is C19H23N9O12S2. The van der Waals surface area contributed by atoms with Gasteiger partial charge in [0.2, 0.25) is 22.6 Å². The highest BCUT2D eigenvalue weighted by molar-refractivity contribution is 7.84. The van der Waals surface area contributed by atoms with Gasteiger partial charge in [-0.15, -0.1) is 0 Å². The number of nitrogens with two attached hydrogens (primary N) is 1. The Morgan fingerprint density at radius 3 is 2.50 bits per heavy atom. The lowest BCUT2D eigenvalue weighted by molar-refractivity contribution is -0.161. The van der Waals surface area contributed by atoms with Gasteiger partial charge >= 0.3 is 22.3 Å². The molecule has 0 unspecified atom stereocenters. The second-order valence-electron chi connectivity index (χ2n) is 8.86. The van der Waals surface area contributed by atoms with Gasteiger partial charge in [0.1, 0.15) is 6.04 Å². The van der Waals surface area contributed by atoms with E-state index in [2.05, 4.69) is 30.5 Å². The number of aromatic hydroxyl groups is 1. The molecule has 228 valence electrons. The third-order valence-electron chi connectivity index (χ3n) is 5.44. The van der Waals surface area contributed by atoms with Crippen molar-refractivity contribution in [2.45, 2.75) is 38.1 Å². The van der Waals surface area contributed by atoms with Crippen molar-refractivity contribution in [3.05, 3.63) is 34.0 Å². The number of carbonyl (C=O) groups is 4. The summed E-state index contributed by atoms with van der Waals surface area (Å²) in [6.45, 7) is 1.12. The van der Waals surface area contributed by atoms with E-state index >= 15 is 0 Å². The first kappa shape index (κ1) is 31.5. The van der Waals surface area contributed by atoms with Gasteiger partial charge in [0.15, 0.2) is 10.9 Å². The maximum absolute atomic E-state index is 13.0. The summed E-state index contributed by atoms with van der Waals surface area (Å²) in [5.74, 6) is -5.15. The number of amides is 4. The number of β-lactam (4-membered cyclic amide) rings is 1. The summed E-state index contributed by atoms with van der Waals surface area (Å²) in [6.07, 6.45) is 0.690. The number of carbonyl (C=O) groups excluding carboxylic acids is 3. The van der Waals surface area contributed by atoms with Crippen LogP contribution in [0.15, 0.2) is 22.2 Å². The number of hydrogen-bond acceptors (Lipinski definition) is 15. The molecule has 1 aliphatic rings. The van der Waals surface area contributed by atoms with Crippen molar-refractivity contribution in [1.82, 2.24) is 34.3 Å². The molecule has 2 atom stereocenters. The Morgan fingerprint density at radius 1 is 1.26 bits per heavy atom. The van der Waals surface area contributed by atoms with Crippen LogP contribution < -0.4 is 27.1 Å². The lowest BCUT2D eigenvalue weighted by Crippen LogP contribution is -2.74. The van der Waals surface area contributed by atoms with Crippen molar-refractivity contribution < 1.29 is 52.4 Å². The molecule has 1 fully saturated rings. The number of nitrogen functional groups attached to an aromatic ring is 1. The molecule has 1 saturated heterocycles. The number of rotatable bonds is 11. The van der Waals surface area contributed by atoms with E-state index in [1.807, 2.05) is 0 Å². The van der Waals surface area contributed by atoms with Crippen molar-refractivity contribution >= 4 is 56.5 Å². The zero-order valence-corrected chi connectivity index (χ0v) is 23.0. The molecule has 0 aliphatic carbocycles. The molecule has 0 radical (unpaired) electrons. The molecule has 2 aromatic heterocycles. The summed E-state index contributed by atoms with van der Waals surface area (Å²) in [4.78, 5) is 69.4. The summed E-state index contributed by atoms with van der Waals surface area (Å²) in [5, 5.41) is 38.2. The Morgan fingerprint density at radius 2 is 1.93 bits per heavy atom. The van der Waals surface area contributed by atoms with Crippen molar-refractivity contribution in [1.29, 1.82) is 0 Å². The topological polar surface area (TPSA) is 318 Å². The largest absolute Gasteiger partial charge is 0.503 e. The monoisotopic (exact) mass is 633 g/mol. The van der Waals surface area contributed by atoms with Crippen LogP contribution in [-0.2, 0) is 36.1 Å². The number of aliphatic carboxylic acids is 1. The van der Waals surface area contributed by atoms with E-state index in [0.717, 1.165) is 19.9 Å². The molecule has 9 N–H and O–H groups in total. The third kappa shape index (κ3) is 6.99. The van der Waals surface area contributed by atoms with Crippen molar-refractivity contribution in [3.63, 3.8) is 0 Å². The van der Waals surface area contributed by atoms with Gasteiger partial charge in [-0.2, -0.15) is 22.5 Å². The Balaban J connectivity index is 1.76. The number of hydrogen-bond donors (Lipinski definition) is 8. The Hall–Kier alpha value is -5.03. The minimum Gasteiger partial charge on any atom is -0.503 e. The number of carboxylic acid groups (broad SMARTS) is 1. The number of urea groups is 1. The van der Waals surface area contributed by atoms with Gasteiger partial charge in [-0.05, 0) is 13.8 Å². The number of anilines is 1. The highest BCUT2D eigenvalue weighted by atomic mass is 32.2. The molecule has 42 heavy (non-hydrogen) atoms. The second kappa shape index (κ2) is 11.8. The second-order valence-corrected chi connectivity index (χ2v) is 10.9. The Labute approximate surface area is 238 Å². The molecule has 23 heteroatoms. The minimum atomic E-state index is -5.15. The predicted molar refractivity (Wildman–Crippen MR) is 138 cm³/mol. The normalized spacial score (nSPS) is 17.3. The minimum absolute atomic E-state index is 0.0104. The highest BCUT2D eigenvalue weighted by Gasteiger charge is 2.54. The smallest absolute Gasteiger partial charge is 0.362 e. The van der Waals surface area contributed by atoms with Crippen LogP contribution in [0, 0.1) is 0 Å². The van der Waals surface area contributed by atoms with E-state index < -0.39 is 87.6 Å². The zero-order valence-electron chi connectivity index (χ0n) is 21.4. The van der Waals surface area contributed by atoms with Gasteiger partial charge in [-0.1, -0.05) is 5.16 Å². The summed E-state index contributed by atoms with van der Waals surface area (Å²) in [7, 11) is -5.15. The Bertz CT molecular complexity index is 1620. The molecule has 1 aliphatic heterocycles. The molecule has 3 heterocycles. The van der Waals surface area contributed by atoms with Crippen molar-refractivity contribution in [3.8, 4) is 5.75 Å². The number of oxime groups is 1. The van der Waals surface area contributed by atoms with Crippen molar-refractivity contribution in [2.24, 2.45) is 5.16 Å². The fourth-order valence-corrected chi connectivity index (χ4v) is 4.52. The first-order valence-corrected chi connectivity index (χ1v) is 13.5. The van der Waals surface area contributed by atoms with Crippen LogP contribution in [0.25, 0.3) is 0 Å². The zero-order chi connectivity index (χ0) is 31.6. The van der Waals surface area contributed by atoms with Crippen molar-refractivity contribution in [2.75, 3.05) is 12.3 Å². The first-order chi connectivity index (χ1) is 19.4. The van der Waals surface area contributed by atoms with Gasteiger partial charge in [0, 0.05) is 24.1 Å². The maximum Gasteiger partial charge on any atom is 0.362 e. The number of nitrogens with zero attached hydrogens (tertiary/aromatic N) is 5. The van der Waals surface area contributed by atoms with Crippen LogP contribution in [0.3, 0.4) is 0 Å². The predicted octanol–water partition coefficient (Wildman–Crippen LogP) is -3.19. The summed E-state index contributed by atoms with van der Waals surface area (Å²) < 4.78 is 37.1. The fourth-order valence-electron chi connectivity index (χ4n) is 3.20. The standard InChI is InChI=1S/C19H23N9O12S2/c1-19(2,16(33)34)40-25-12(13-24-17(20)41-26-13)14(31)23-11-8(28(15(11)32)42(37,38)39)5-22-18(35)21-4-7-3-9(29)10(30)6-27(7)36/h3,6,8,11,30,36H,4-5H2,1-2H3,(H,23,31)(H,33,34)(H2,20,24,26)(H2,21,22,35)(H,37,38,39)/t8-,11-/m0/s1. The van der Waals surface area contributed by atoms with Crippen LogP contribution in [0.1, 0.15) is 25.4 Å². The number of pyridine rings is 1. The van der Waals surface area contributed by atoms with Crippen LogP contribution >= 0.6 is 11.5 Å². The molecule has 0 aromatic carbocycles. The number of carboxylic acids is 1. The van der Waals surface area contributed by atoms with E-state index in [1.165, 1.54) is 0 Å². The fraction of sp³-hybridized carbons (Fsp3) is 0.368. The van der Waals surface area contributed by atoms with Gasteiger partial charge in [-0.3, -0.25) is 18.9 Å². The average molecular weight is 634 g/mol. The van der Waals surface area contributed by atoms with Crippen LogP contribution in [-0.4, -0.2) is 101 Å². The molecule has 3 rings (SSSR count). The molecule has 2 aromatic rings. The molecule has 0 saturated carbocycles. The highest BCUT2D eigenvalue weighted by Crippen LogP contribution is 2.23. The molecule has 0 bridgehead atoms. The van der Waals surface area contributed by atoms with Crippen LogP contribution in [0.5, 0.6) is 5.75 Å². The van der Waals surface area contributed by atoms with Crippen LogP contribution in [0.4, 0.5) is 9.93 Å². The Kier molecular flexibility index (Phi) is 8.87. The first-order valence-electron chi connectivity index (χ1n) is 11.3. The van der Waals surface area contributed by atoms with Crippen LogP contribution in [0.2, 0.25) is 0 Å². The van der Waals surface area contributed by atoms with Gasteiger partial charge in [0.05, 0.1) is 24.5 Å². The van der Waals surface area contributed by atoms with E-state index in [1.54, 1.807) is 0 Å². The van der Waals surface area contributed by atoms with Gasteiger partial charge in [-0.25, -0.2) is 13.9 Å². The molecular weight excluding hydrogens is 610 g/mol. The summed E-state index contributed by atoms with van der Waals surface area (Å²) in [6, 6.07) is -3.41. The van der Waals surface area contributed by atoms with E-state index in [0.29, 0.717) is 22.5 Å². The summed E-state index contributed by atoms with van der Waals surface area (Å²) in [5.41, 5.74) is 1.88. The quantitative estimate of drug-likeness (QED) is 0.0397. The number of aromatic nitrogens is 3. The number of nitrogens with one attached hydrogen (secondary N) is 3. The van der Waals surface area contributed by atoms with Gasteiger partial charge < -0.3 is 41.9 Å². The summed E-state index contributed by atoms with van der Waals surface area (Å²) >= 11 is 0.645. The average Bonchev–Trinajstić information content (AvgIpc) is 3.30. The van der Waals surface area contributed by atoms with E-state index in [4.69, 9.17) is 10.6 Å². The van der Waals surface area contributed by atoms with Gasteiger partial charge in [0.25, 0.3) is 11.8 Å². The SMILES string of the molecule is CC(C)(ON=C(C(=O)N[C@@H]1C(=O)N(S(=O)(=O)O)[C@H]1CNC(=O)NCc1cc(=O)c(O)cn1O)c1nsc(N)n1)C(=O)O. The molecule has 0 spiro atoms. The third-order valence-corrected chi connectivity index (χ3v) is 6.93. The lowest BCUT2D eigenvalue weighted by atomic mass is 9.98. The maximum atomic E-state index is 13.0. The lowest BCUT2D eigenvalue weighted by Gasteiger charge is -2.44. The van der Waals surface area contributed by atoms with E-state index in [9.17, 15) is 52.4 Å². The molecule has 4 amide bonds. The van der Waals surface area contributed by atoms with E-state index in [-0.39, 0.29) is 15.1 Å². The molecule has 21 nitrogen and oxygen atoms in total.